The fourth-order valence-corrected chi connectivity index (χ4v) is 7.63. The standard InChI is InChI=1S/C41H52N8O8/c1-23-33(45-37(43-23)32-11-9-21-49(32)39(51)35(25(3)55-5)47-41(53)57-7)29-18-14-27(15-19-29)26-12-16-28(17-13-26)30-22-42-36(44-30)31-10-8-20-48(31)38(50)34(24(2)54-4)46-40(52)56-6/h12-19,22,24-25,31-32,34-35H,8-11,20-21H2,1-7H3,(H,42,44)(H,43,45)(H,46,52)(H,47,53)/t24-,25-,31+,32+,34+,35+/m1/s1. The predicted molar refractivity (Wildman–Crippen MR) is 211 cm³/mol. The molecule has 0 spiro atoms. The lowest BCUT2D eigenvalue weighted by atomic mass is 10.0. The third-order valence-corrected chi connectivity index (χ3v) is 11.0. The molecule has 6 rings (SSSR count). The first-order valence-electron chi connectivity index (χ1n) is 19.2. The molecule has 0 bridgehead atoms. The molecule has 2 aromatic heterocycles. The van der Waals surface area contributed by atoms with Crippen LogP contribution in [-0.4, -0.2) is 120 Å². The Labute approximate surface area is 332 Å². The maximum Gasteiger partial charge on any atom is 0.407 e. The number of nitrogens with one attached hydrogen (secondary N) is 4. The van der Waals surface area contributed by atoms with Crippen LogP contribution in [-0.2, 0) is 28.5 Å². The van der Waals surface area contributed by atoms with Crippen molar-refractivity contribution in [3.8, 4) is 33.6 Å². The minimum atomic E-state index is -0.903. The number of carbonyl (C=O) groups excluding carboxylic acids is 4. The summed E-state index contributed by atoms with van der Waals surface area (Å²) in [5.74, 6) is 0.880. The summed E-state index contributed by atoms with van der Waals surface area (Å²) in [7, 11) is 5.51. The number of carbonyl (C=O) groups is 4. The summed E-state index contributed by atoms with van der Waals surface area (Å²) < 4.78 is 20.3. The van der Waals surface area contributed by atoms with Gasteiger partial charge in [-0.05, 0) is 63.1 Å². The number of rotatable bonds is 13. The van der Waals surface area contributed by atoms with E-state index in [-0.39, 0.29) is 23.9 Å². The molecule has 2 aliphatic heterocycles. The molecule has 6 atom stereocenters. The Morgan fingerprint density at radius 1 is 0.684 bits per heavy atom. The molecule has 4 N–H and O–H groups in total. The van der Waals surface area contributed by atoms with Gasteiger partial charge in [-0.15, -0.1) is 0 Å². The summed E-state index contributed by atoms with van der Waals surface area (Å²) in [6, 6.07) is 14.0. The Balaban J connectivity index is 1.13. The second kappa shape index (κ2) is 18.0. The number of methoxy groups -OCH3 is 4. The van der Waals surface area contributed by atoms with Gasteiger partial charge in [0, 0.05) is 38.6 Å². The smallest absolute Gasteiger partial charge is 0.407 e. The quantitative estimate of drug-likeness (QED) is 0.139. The molecule has 0 aliphatic carbocycles. The molecule has 0 saturated carbocycles. The van der Waals surface area contributed by atoms with Gasteiger partial charge in [0.25, 0.3) is 0 Å². The molecule has 2 fully saturated rings. The Kier molecular flexibility index (Phi) is 12.9. The number of H-pyrrole nitrogens is 2. The summed E-state index contributed by atoms with van der Waals surface area (Å²) in [4.78, 5) is 71.3. The van der Waals surface area contributed by atoms with Crippen molar-refractivity contribution in [2.75, 3.05) is 41.5 Å². The van der Waals surface area contributed by atoms with Gasteiger partial charge in [0.15, 0.2) is 0 Å². The van der Waals surface area contributed by atoms with Crippen LogP contribution in [0.2, 0.25) is 0 Å². The molecule has 304 valence electrons. The van der Waals surface area contributed by atoms with E-state index in [0.717, 1.165) is 65.0 Å². The predicted octanol–water partition coefficient (Wildman–Crippen LogP) is 5.29. The lowest BCUT2D eigenvalue weighted by Gasteiger charge is -2.30. The zero-order valence-corrected chi connectivity index (χ0v) is 33.5. The lowest BCUT2D eigenvalue weighted by Crippen LogP contribution is -2.54. The molecular weight excluding hydrogens is 732 g/mol. The number of hydrogen-bond acceptors (Lipinski definition) is 10. The van der Waals surface area contributed by atoms with Crippen molar-refractivity contribution in [1.82, 2.24) is 40.4 Å². The summed E-state index contributed by atoms with van der Waals surface area (Å²) >= 11 is 0. The lowest BCUT2D eigenvalue weighted by molar-refractivity contribution is -0.138. The first-order chi connectivity index (χ1) is 27.5. The van der Waals surface area contributed by atoms with Gasteiger partial charge in [0.2, 0.25) is 11.8 Å². The molecule has 0 radical (unpaired) electrons. The van der Waals surface area contributed by atoms with Crippen LogP contribution < -0.4 is 10.6 Å². The summed E-state index contributed by atoms with van der Waals surface area (Å²) in [6.45, 7) is 6.51. The van der Waals surface area contributed by atoms with Gasteiger partial charge >= 0.3 is 12.2 Å². The van der Waals surface area contributed by atoms with Crippen LogP contribution in [0.25, 0.3) is 33.6 Å². The Morgan fingerprint density at radius 2 is 1.14 bits per heavy atom. The highest BCUT2D eigenvalue weighted by Gasteiger charge is 2.40. The van der Waals surface area contributed by atoms with Crippen LogP contribution in [0.1, 0.15) is 69.0 Å². The van der Waals surface area contributed by atoms with Crippen LogP contribution in [0.4, 0.5) is 9.59 Å². The number of aromatic nitrogens is 4. The average molecular weight is 785 g/mol. The van der Waals surface area contributed by atoms with Gasteiger partial charge < -0.3 is 49.3 Å². The van der Waals surface area contributed by atoms with Crippen LogP contribution in [0, 0.1) is 6.92 Å². The van der Waals surface area contributed by atoms with Crippen molar-refractivity contribution in [3.05, 3.63) is 72.1 Å². The monoisotopic (exact) mass is 784 g/mol. The summed E-state index contributed by atoms with van der Waals surface area (Å²) in [5, 5.41) is 5.25. The van der Waals surface area contributed by atoms with E-state index in [9.17, 15) is 19.2 Å². The summed E-state index contributed by atoms with van der Waals surface area (Å²) in [6.07, 6.45) is 2.36. The Hall–Kier alpha value is -5.74. The maximum atomic E-state index is 13.7. The van der Waals surface area contributed by atoms with Crippen molar-refractivity contribution < 1.29 is 38.1 Å². The highest BCUT2D eigenvalue weighted by atomic mass is 16.5. The van der Waals surface area contributed by atoms with Crippen LogP contribution in [0.5, 0.6) is 0 Å². The van der Waals surface area contributed by atoms with Crippen molar-refractivity contribution in [2.24, 2.45) is 0 Å². The second-order valence-corrected chi connectivity index (χ2v) is 14.4. The molecule has 2 saturated heterocycles. The fourth-order valence-electron chi connectivity index (χ4n) is 7.63. The number of imidazole rings is 2. The number of amides is 4. The van der Waals surface area contributed by atoms with E-state index >= 15 is 0 Å². The Bertz CT molecular complexity index is 2030. The van der Waals surface area contributed by atoms with Gasteiger partial charge in [-0.1, -0.05) is 48.5 Å². The average Bonchev–Trinajstić information content (AvgIpc) is 4.08. The fraction of sp³-hybridized carbons (Fsp3) is 0.463. The molecular formula is C41H52N8O8. The molecule has 16 nitrogen and oxygen atoms in total. The zero-order chi connectivity index (χ0) is 40.8. The number of hydrogen-bond donors (Lipinski definition) is 4. The van der Waals surface area contributed by atoms with E-state index in [4.69, 9.17) is 23.9 Å². The van der Waals surface area contributed by atoms with Gasteiger partial charge in [-0.2, -0.15) is 0 Å². The molecule has 16 heteroatoms. The zero-order valence-electron chi connectivity index (χ0n) is 33.5. The highest BCUT2D eigenvalue weighted by Crippen LogP contribution is 2.36. The highest BCUT2D eigenvalue weighted by molar-refractivity contribution is 5.87. The normalized spacial score (nSPS) is 18.8. The number of aromatic amines is 2. The minimum absolute atomic E-state index is 0.249. The minimum Gasteiger partial charge on any atom is -0.453 e. The Morgan fingerprint density at radius 3 is 1.61 bits per heavy atom. The van der Waals surface area contributed by atoms with Crippen molar-refractivity contribution in [3.63, 3.8) is 0 Å². The van der Waals surface area contributed by atoms with E-state index in [1.165, 1.54) is 28.4 Å². The van der Waals surface area contributed by atoms with Gasteiger partial charge in [-0.25, -0.2) is 19.6 Å². The maximum absolute atomic E-state index is 13.7. The number of alkyl carbamates (subject to hydrolysis) is 2. The summed E-state index contributed by atoms with van der Waals surface area (Å²) in [5.41, 5.74) is 6.49. The number of ether oxygens (including phenoxy) is 4. The number of aryl methyl sites for hydroxylation is 1. The van der Waals surface area contributed by atoms with E-state index < -0.39 is 36.5 Å². The third-order valence-electron chi connectivity index (χ3n) is 11.0. The van der Waals surface area contributed by atoms with Crippen LogP contribution >= 0.6 is 0 Å². The molecule has 2 aromatic carbocycles. The van der Waals surface area contributed by atoms with Crippen molar-refractivity contribution in [2.45, 2.75) is 82.8 Å². The molecule has 57 heavy (non-hydrogen) atoms. The van der Waals surface area contributed by atoms with E-state index in [1.54, 1.807) is 29.8 Å². The molecule has 4 heterocycles. The van der Waals surface area contributed by atoms with E-state index in [0.29, 0.717) is 24.7 Å². The van der Waals surface area contributed by atoms with Crippen LogP contribution in [0.3, 0.4) is 0 Å². The largest absolute Gasteiger partial charge is 0.453 e. The third kappa shape index (κ3) is 8.81. The molecule has 0 unspecified atom stereocenters. The van der Waals surface area contributed by atoms with E-state index in [1.807, 2.05) is 31.2 Å². The number of benzene rings is 2. The van der Waals surface area contributed by atoms with Crippen LogP contribution in [0.15, 0.2) is 54.7 Å². The van der Waals surface area contributed by atoms with Crippen molar-refractivity contribution >= 4 is 24.0 Å². The van der Waals surface area contributed by atoms with Gasteiger partial charge in [0.05, 0.1) is 56.1 Å². The molecule has 4 aromatic rings. The number of likely N-dealkylation sites (tertiary alicyclic amines) is 2. The van der Waals surface area contributed by atoms with Gasteiger partial charge in [-0.3, -0.25) is 9.59 Å². The topological polar surface area (TPSA) is 193 Å². The first-order valence-corrected chi connectivity index (χ1v) is 19.2. The number of nitrogens with zero attached hydrogens (tertiary/aromatic N) is 4. The van der Waals surface area contributed by atoms with E-state index in [2.05, 4.69) is 49.9 Å². The molecule has 2 aliphatic rings. The first kappa shape index (κ1) is 40.9. The second-order valence-electron chi connectivity index (χ2n) is 14.4. The molecule has 4 amide bonds. The van der Waals surface area contributed by atoms with Gasteiger partial charge in [0.1, 0.15) is 23.7 Å². The SMILES string of the molecule is COC(=O)N[C@H](C(=O)N1CCC[C@H]1c1ncc(-c2ccc(-c3ccc(-c4nc([C@@H]5CCCN5C(=O)[C@@H](NC(=O)OC)[C@@H](C)OC)[nH]c4C)cc3)cc2)[nH]1)[C@@H](C)OC. The van der Waals surface area contributed by atoms with Crippen molar-refractivity contribution in [1.29, 1.82) is 0 Å².